The van der Waals surface area contributed by atoms with Crippen molar-refractivity contribution in [3.8, 4) is 17.0 Å². The molecule has 0 spiro atoms. The van der Waals surface area contributed by atoms with Crippen LogP contribution in [0.2, 0.25) is 0 Å². The average Bonchev–Trinajstić information content (AvgIpc) is 1.58. The van der Waals surface area contributed by atoms with Gasteiger partial charge in [-0.25, -0.2) is 31.9 Å². The number of benzene rings is 6. The molecule has 636 valence electrons. The number of nitrogens with zero attached hydrogens (tertiary/aromatic N) is 4. The summed E-state index contributed by atoms with van der Waals surface area (Å²) in [6.45, 7) is 0. The summed E-state index contributed by atoms with van der Waals surface area (Å²) in [5.41, 5.74) is 4.61. The van der Waals surface area contributed by atoms with Crippen LogP contribution in [0.1, 0.15) is 175 Å². The second-order valence-corrected chi connectivity index (χ2v) is 35.4. The normalized spacial score (nSPS) is 22.5. The molecule has 6 aromatic carbocycles. The highest BCUT2D eigenvalue weighted by Gasteiger charge is 2.42. The lowest BCUT2D eigenvalue weighted by molar-refractivity contribution is -0.148. The Morgan fingerprint density at radius 2 is 0.992 bits per heavy atom. The number of anilines is 1. The van der Waals surface area contributed by atoms with Crippen LogP contribution in [0.15, 0.2) is 170 Å². The van der Waals surface area contributed by atoms with Crippen molar-refractivity contribution in [3.63, 3.8) is 0 Å². The zero-order valence-electron chi connectivity index (χ0n) is 66.5. The highest BCUT2D eigenvalue weighted by atomic mass is 79.9. The number of aliphatic hydroxyl groups is 1. The molecule has 4 atom stereocenters. The molecule has 0 radical (unpaired) electrons. The second-order valence-electron chi connectivity index (χ2n) is 30.3. The van der Waals surface area contributed by atoms with Gasteiger partial charge in [0.05, 0.1) is 108 Å². The molecule has 0 bridgehead atoms. The number of imidazole rings is 2. The molecule has 2 aromatic heterocycles. The molecule has 30 heteroatoms. The number of hydrogen-bond acceptors (Lipinski definition) is 17. The Bertz CT molecular complexity index is 4680. The first kappa shape index (κ1) is 93.9. The minimum Gasteiger partial charge on any atom is -0.497 e. The maximum absolute atomic E-state index is 14.7. The Kier molecular flexibility index (Phi) is 36.3. The molecule has 0 unspecified atom stereocenters. The number of esters is 4. The van der Waals surface area contributed by atoms with Crippen molar-refractivity contribution in [2.45, 2.75) is 153 Å². The number of nitrogens with one attached hydrogen (secondary N) is 1. The smallest absolute Gasteiger partial charge is 0.308 e. The van der Waals surface area contributed by atoms with Gasteiger partial charge in [0, 0.05) is 81.7 Å². The van der Waals surface area contributed by atoms with Crippen LogP contribution in [0, 0.1) is 88.3 Å². The molecule has 8 aromatic rings. The van der Waals surface area contributed by atoms with Gasteiger partial charge in [0.25, 0.3) is 10.1 Å². The molecule has 6 aliphatic rings. The first-order valence-corrected chi connectivity index (χ1v) is 44.4. The number of aldehydes is 1. The van der Waals surface area contributed by atoms with E-state index in [2.05, 4.69) is 88.3 Å². The van der Waals surface area contributed by atoms with Crippen molar-refractivity contribution in [1.29, 1.82) is 0 Å². The van der Waals surface area contributed by atoms with E-state index >= 15 is 0 Å². The summed E-state index contributed by atoms with van der Waals surface area (Å²) in [6, 6.07) is 32.9. The Balaban J connectivity index is 0.000000167. The van der Waals surface area contributed by atoms with E-state index in [0.29, 0.717) is 71.4 Å². The molecule has 5 saturated carbocycles. The number of aromatic nitrogens is 4. The van der Waals surface area contributed by atoms with Crippen LogP contribution >= 0.6 is 63.7 Å². The van der Waals surface area contributed by atoms with Gasteiger partial charge in [0.15, 0.2) is 0 Å². The van der Waals surface area contributed by atoms with Crippen LogP contribution in [-0.4, -0.2) is 111 Å². The van der Waals surface area contributed by atoms with E-state index in [1.807, 2.05) is 53.4 Å². The van der Waals surface area contributed by atoms with E-state index in [1.165, 1.54) is 64.8 Å². The lowest BCUT2D eigenvalue weighted by Gasteiger charge is -2.34. The predicted molar refractivity (Wildman–Crippen MR) is 449 cm³/mol. The summed E-state index contributed by atoms with van der Waals surface area (Å²) >= 11 is 13.2. The standard InChI is InChI=1S/C24H24FN3O2.C18H20BrFN2O2.C16H20BrFO5S.C15H18BrFO3.C9H14O3.C6H4BrF/c1-30-18-5-2-4-17(12-18)27-24(29)16-10-8-15(9-11-16)23-22-19(6-3-7-20(22)25)21-13-26-14-28(21)23;1-24-18(23)13-7-5-12(6-8-13)17(22-10-9-21-11-22)16-14(19)3-2-4-15(16)20;1-22-16(19)11-8-6-10(7-9-11)15(23-24(2,20)21)14-12(17)4-3-5-13(14)18;1-20-15(19)10-7-5-9(6-8-10)14(18)13-11(16)3-2-4-12(13)17;1-12-9(11)8-4-2-7(6-10)3-5-8;7-5-2-1-3-6(8)4-5/h2-7,12-16,23H,8-11H2,1H3,(H,27,29);2-4,9-13,17H,5-8H2,1H3;3-5,10-11,15H,6-9H2,1-2H3;2-4,9-10,14,18H,5-8H2,1H3;6-8H,2-5H2,1H3;1-4H/t15?,16?,23-;12?,13?,17-;10?,11?,15-;9?,10?,14-;;/m1111../s1. The summed E-state index contributed by atoms with van der Waals surface area (Å²) in [5.74, 6) is -1.31. The van der Waals surface area contributed by atoms with E-state index in [-0.39, 0.29) is 124 Å². The van der Waals surface area contributed by atoms with Gasteiger partial charge in [0.2, 0.25) is 5.91 Å². The van der Waals surface area contributed by atoms with Crippen molar-refractivity contribution in [3.05, 3.63) is 222 Å². The number of ether oxygens (including phenoxy) is 5. The van der Waals surface area contributed by atoms with E-state index in [1.54, 1.807) is 74.5 Å². The SMILES string of the molecule is COC(=O)C1CCC(C=O)CC1.COC(=O)C1CCC([C@@H](O)c2c(F)cccc2Br)CC1.COC(=O)C1CCC([C@@H](OS(C)(=O)=O)c2c(F)cccc2Br)CC1.COC(=O)C1CCC([C@H](c2c(F)cccc2Br)n2ccnc2)CC1.COc1cccc(NC(=O)C2CCC([C@@H]3c4c(F)cccc4-c4cncn43)CC2)c1.Fc1cccc(Br)c1. The van der Waals surface area contributed by atoms with Gasteiger partial charge in [-0.15, -0.1) is 0 Å². The first-order valence-electron chi connectivity index (χ1n) is 39.4. The third-order valence-electron chi connectivity index (χ3n) is 23.0. The minimum atomic E-state index is -3.77. The molecule has 5 aliphatic carbocycles. The lowest BCUT2D eigenvalue weighted by Crippen LogP contribution is -2.30. The maximum Gasteiger partial charge on any atom is 0.308 e. The zero-order valence-corrected chi connectivity index (χ0v) is 73.7. The van der Waals surface area contributed by atoms with Gasteiger partial charge >= 0.3 is 23.9 Å². The fraction of sp³-hybridized carbons (Fsp3) is 0.455. The summed E-state index contributed by atoms with van der Waals surface area (Å²) in [6.07, 6.45) is 24.0. The van der Waals surface area contributed by atoms with Crippen LogP contribution in [0.25, 0.3) is 11.3 Å². The van der Waals surface area contributed by atoms with Gasteiger partial charge < -0.3 is 48.0 Å². The van der Waals surface area contributed by atoms with Gasteiger partial charge in [0.1, 0.15) is 47.2 Å². The molecule has 0 saturated heterocycles. The number of halogens is 9. The van der Waals surface area contributed by atoms with Gasteiger partial charge in [-0.2, -0.15) is 8.42 Å². The van der Waals surface area contributed by atoms with Gasteiger partial charge in [-0.05, 0) is 225 Å². The number of aliphatic hydroxyl groups excluding tert-OH is 1. The molecule has 3 heterocycles. The predicted octanol–water partition coefficient (Wildman–Crippen LogP) is 20.3. The fourth-order valence-electron chi connectivity index (χ4n) is 16.9. The lowest BCUT2D eigenvalue weighted by atomic mass is 9.76. The van der Waals surface area contributed by atoms with Crippen molar-refractivity contribution in [1.82, 2.24) is 19.1 Å². The summed E-state index contributed by atoms with van der Waals surface area (Å²) in [5, 5.41) is 13.4. The molecule has 1 aliphatic heterocycles. The molecule has 20 nitrogen and oxygen atoms in total. The highest BCUT2D eigenvalue weighted by molar-refractivity contribution is 9.11. The highest BCUT2D eigenvalue weighted by Crippen LogP contribution is 2.50. The summed E-state index contributed by atoms with van der Waals surface area (Å²) < 4.78 is 129. The molecule has 5 fully saturated rings. The molecule has 2 N–H and O–H groups in total. The average molecular weight is 1910 g/mol. The maximum atomic E-state index is 14.7. The number of hydrogen-bond donors (Lipinski definition) is 2. The van der Waals surface area contributed by atoms with Crippen molar-refractivity contribution < 1.29 is 92.1 Å². The largest absolute Gasteiger partial charge is 0.497 e. The molecular formula is C88H100Br4F5N5O15S. The number of rotatable bonds is 18. The number of carbonyl (C=O) groups excluding carboxylic acids is 6. The number of amides is 1. The topological polar surface area (TPSA) is 260 Å². The van der Waals surface area contributed by atoms with E-state index in [4.69, 9.17) is 23.1 Å². The van der Waals surface area contributed by atoms with Crippen LogP contribution < -0.4 is 10.1 Å². The molecule has 118 heavy (non-hydrogen) atoms. The van der Waals surface area contributed by atoms with E-state index in [0.717, 1.165) is 127 Å². The summed E-state index contributed by atoms with van der Waals surface area (Å²) in [7, 11) is 3.42. The number of carbonyl (C=O) groups is 6. The number of methoxy groups -OCH3 is 5. The third-order valence-corrected chi connectivity index (χ3v) is 26.2. The quantitative estimate of drug-likeness (QED) is 0.0266. The Labute approximate surface area is 719 Å². The summed E-state index contributed by atoms with van der Waals surface area (Å²) in [4.78, 5) is 77.5. The van der Waals surface area contributed by atoms with E-state index in [9.17, 15) is 64.2 Å². The third kappa shape index (κ3) is 25.5. The van der Waals surface area contributed by atoms with Gasteiger partial charge in [-0.3, -0.25) is 28.2 Å². The minimum absolute atomic E-state index is 0.0240. The molecular weight excluding hydrogens is 1810 g/mol. The van der Waals surface area contributed by atoms with Crippen molar-refractivity contribution >= 4 is 116 Å². The molecule has 14 rings (SSSR count). The van der Waals surface area contributed by atoms with Gasteiger partial charge in [-0.1, -0.05) is 106 Å². The van der Waals surface area contributed by atoms with E-state index < -0.39 is 34.0 Å². The van der Waals surface area contributed by atoms with Crippen molar-refractivity contribution in [2.75, 3.05) is 47.1 Å². The monoisotopic (exact) mass is 1910 g/mol. The van der Waals surface area contributed by atoms with Crippen LogP contribution in [0.4, 0.5) is 27.6 Å². The van der Waals surface area contributed by atoms with Crippen molar-refractivity contribution in [2.24, 2.45) is 59.2 Å². The van der Waals surface area contributed by atoms with Crippen LogP contribution in [-0.2, 0) is 62.0 Å². The number of fused-ring (bicyclic) bond motifs is 3. The first-order chi connectivity index (χ1) is 56.6. The zero-order chi connectivity index (χ0) is 85.3. The molecule has 1 amide bonds. The second kappa shape index (κ2) is 45.6. The van der Waals surface area contributed by atoms with Crippen LogP contribution in [0.5, 0.6) is 5.75 Å². The van der Waals surface area contributed by atoms with Crippen LogP contribution in [0.3, 0.4) is 0 Å². The Morgan fingerprint density at radius 3 is 1.46 bits per heavy atom. The fourth-order valence-corrected chi connectivity index (χ4v) is 19.6. The Morgan fingerprint density at radius 1 is 0.525 bits per heavy atom. The Hall–Kier alpha value is -8.00.